The Morgan fingerprint density at radius 1 is 0.893 bits per heavy atom. The SMILES string of the molecule is Cc1cccc(NC(=O)c2ccccc2NS(=O)(=O)c2c(F)cccc2F)c1. The normalized spacial score (nSPS) is 11.1. The number of sulfonamides is 1. The molecule has 144 valence electrons. The molecule has 0 saturated carbocycles. The fourth-order valence-electron chi connectivity index (χ4n) is 2.63. The van der Waals surface area contributed by atoms with Gasteiger partial charge in [-0.05, 0) is 48.9 Å². The van der Waals surface area contributed by atoms with Crippen LogP contribution < -0.4 is 10.0 Å². The van der Waals surface area contributed by atoms with E-state index in [0.29, 0.717) is 5.69 Å². The van der Waals surface area contributed by atoms with Crippen LogP contribution in [0, 0.1) is 18.6 Å². The lowest BCUT2D eigenvalue weighted by Crippen LogP contribution is -2.20. The average molecular weight is 402 g/mol. The van der Waals surface area contributed by atoms with Gasteiger partial charge in [-0.1, -0.05) is 30.3 Å². The van der Waals surface area contributed by atoms with Crippen LogP contribution in [0.5, 0.6) is 0 Å². The molecule has 0 aliphatic heterocycles. The van der Waals surface area contributed by atoms with E-state index in [1.54, 1.807) is 24.3 Å². The summed E-state index contributed by atoms with van der Waals surface area (Å²) >= 11 is 0. The van der Waals surface area contributed by atoms with Crippen molar-refractivity contribution in [1.29, 1.82) is 0 Å². The predicted octanol–water partition coefficient (Wildman–Crippen LogP) is 4.33. The lowest BCUT2D eigenvalue weighted by atomic mass is 10.1. The second-order valence-electron chi connectivity index (χ2n) is 6.03. The van der Waals surface area contributed by atoms with Gasteiger partial charge in [-0.15, -0.1) is 0 Å². The maximum absolute atomic E-state index is 13.9. The van der Waals surface area contributed by atoms with Crippen molar-refractivity contribution < 1.29 is 22.0 Å². The minimum absolute atomic E-state index is 0.00401. The number of aryl methyl sites for hydroxylation is 1. The summed E-state index contributed by atoms with van der Waals surface area (Å²) in [7, 11) is -4.59. The van der Waals surface area contributed by atoms with E-state index in [0.717, 1.165) is 23.8 Å². The largest absolute Gasteiger partial charge is 0.322 e. The van der Waals surface area contributed by atoms with Gasteiger partial charge in [0.1, 0.15) is 11.6 Å². The Hall–Kier alpha value is -3.26. The van der Waals surface area contributed by atoms with Gasteiger partial charge in [0.25, 0.3) is 15.9 Å². The first kappa shape index (κ1) is 19.5. The summed E-state index contributed by atoms with van der Waals surface area (Å²) in [5.74, 6) is -3.03. The molecule has 0 radical (unpaired) electrons. The molecular weight excluding hydrogens is 386 g/mol. The fraction of sp³-hybridized carbons (Fsp3) is 0.0500. The standard InChI is InChI=1S/C20H16F2N2O3S/c1-13-6-4-7-14(12-13)23-20(25)15-8-2-3-11-18(15)24-28(26,27)19-16(21)9-5-10-17(19)22/h2-12,24H,1H3,(H,23,25). The van der Waals surface area contributed by atoms with Gasteiger partial charge in [0, 0.05) is 5.69 Å². The van der Waals surface area contributed by atoms with Crippen LogP contribution in [0.1, 0.15) is 15.9 Å². The van der Waals surface area contributed by atoms with E-state index in [9.17, 15) is 22.0 Å². The Kier molecular flexibility index (Phi) is 5.41. The molecule has 0 fully saturated rings. The highest BCUT2D eigenvalue weighted by Gasteiger charge is 2.25. The Morgan fingerprint density at radius 2 is 1.54 bits per heavy atom. The monoisotopic (exact) mass is 402 g/mol. The number of hydrogen-bond donors (Lipinski definition) is 2. The highest BCUT2D eigenvalue weighted by molar-refractivity contribution is 7.92. The fourth-order valence-corrected chi connectivity index (χ4v) is 3.85. The minimum atomic E-state index is -4.59. The van der Waals surface area contributed by atoms with Crippen molar-refractivity contribution in [3.05, 3.63) is 89.5 Å². The molecule has 3 aromatic carbocycles. The van der Waals surface area contributed by atoms with Crippen LogP contribution in [0.15, 0.2) is 71.6 Å². The summed E-state index contributed by atoms with van der Waals surface area (Å²) in [4.78, 5) is 11.5. The van der Waals surface area contributed by atoms with Crippen LogP contribution in [0.3, 0.4) is 0 Å². The molecule has 2 N–H and O–H groups in total. The predicted molar refractivity (Wildman–Crippen MR) is 103 cm³/mol. The average Bonchev–Trinajstić information content (AvgIpc) is 2.61. The summed E-state index contributed by atoms with van der Waals surface area (Å²) in [6, 6.07) is 15.6. The van der Waals surface area contributed by atoms with Gasteiger partial charge < -0.3 is 5.32 Å². The summed E-state index contributed by atoms with van der Waals surface area (Å²) in [6.07, 6.45) is 0. The molecule has 0 unspecified atom stereocenters. The highest BCUT2D eigenvalue weighted by atomic mass is 32.2. The number of para-hydroxylation sites is 1. The molecule has 0 aliphatic carbocycles. The molecule has 0 aromatic heterocycles. The van der Waals surface area contributed by atoms with E-state index in [1.807, 2.05) is 13.0 Å². The molecule has 0 saturated heterocycles. The molecule has 8 heteroatoms. The zero-order chi connectivity index (χ0) is 20.3. The summed E-state index contributed by atoms with van der Waals surface area (Å²) in [6.45, 7) is 1.86. The highest BCUT2D eigenvalue weighted by Crippen LogP contribution is 2.24. The van der Waals surface area contributed by atoms with Crippen molar-refractivity contribution in [2.75, 3.05) is 10.0 Å². The first-order valence-electron chi connectivity index (χ1n) is 8.22. The second kappa shape index (κ2) is 7.77. The zero-order valence-corrected chi connectivity index (χ0v) is 15.6. The van der Waals surface area contributed by atoms with Gasteiger partial charge in [0.15, 0.2) is 4.90 Å². The van der Waals surface area contributed by atoms with Gasteiger partial charge in [-0.3, -0.25) is 9.52 Å². The number of benzene rings is 3. The van der Waals surface area contributed by atoms with Crippen LogP contribution >= 0.6 is 0 Å². The lowest BCUT2D eigenvalue weighted by Gasteiger charge is -2.13. The summed E-state index contributed by atoms with van der Waals surface area (Å²) < 4.78 is 54.9. The van der Waals surface area contributed by atoms with Crippen LogP contribution in [0.25, 0.3) is 0 Å². The van der Waals surface area contributed by atoms with E-state index in [2.05, 4.69) is 10.0 Å². The third kappa shape index (κ3) is 4.17. The van der Waals surface area contributed by atoms with E-state index >= 15 is 0 Å². The first-order chi connectivity index (χ1) is 13.3. The van der Waals surface area contributed by atoms with Crippen molar-refractivity contribution in [3.63, 3.8) is 0 Å². The van der Waals surface area contributed by atoms with E-state index < -0.39 is 32.5 Å². The molecule has 3 aromatic rings. The van der Waals surface area contributed by atoms with E-state index in [-0.39, 0.29) is 11.3 Å². The first-order valence-corrected chi connectivity index (χ1v) is 9.70. The molecule has 0 spiro atoms. The quantitative estimate of drug-likeness (QED) is 0.667. The molecule has 0 bridgehead atoms. The smallest absolute Gasteiger partial charge is 0.267 e. The number of amides is 1. The van der Waals surface area contributed by atoms with Crippen molar-refractivity contribution in [2.45, 2.75) is 11.8 Å². The van der Waals surface area contributed by atoms with Crippen LogP contribution in [-0.2, 0) is 10.0 Å². The maximum atomic E-state index is 13.9. The number of nitrogens with one attached hydrogen (secondary N) is 2. The van der Waals surface area contributed by atoms with Gasteiger partial charge in [0.2, 0.25) is 0 Å². The van der Waals surface area contributed by atoms with Gasteiger partial charge in [-0.25, -0.2) is 17.2 Å². The number of anilines is 2. The Labute approximate surface area is 161 Å². The van der Waals surface area contributed by atoms with Gasteiger partial charge >= 0.3 is 0 Å². The molecule has 1 amide bonds. The minimum Gasteiger partial charge on any atom is -0.322 e. The van der Waals surface area contributed by atoms with Crippen LogP contribution in [-0.4, -0.2) is 14.3 Å². The molecule has 0 heterocycles. The number of carbonyl (C=O) groups excluding carboxylic acids is 1. The molecule has 0 atom stereocenters. The van der Waals surface area contributed by atoms with Gasteiger partial charge in [-0.2, -0.15) is 0 Å². The van der Waals surface area contributed by atoms with Crippen molar-refractivity contribution in [2.24, 2.45) is 0 Å². The van der Waals surface area contributed by atoms with Crippen LogP contribution in [0.2, 0.25) is 0 Å². The van der Waals surface area contributed by atoms with Crippen molar-refractivity contribution in [3.8, 4) is 0 Å². The Balaban J connectivity index is 1.93. The number of hydrogen-bond acceptors (Lipinski definition) is 3. The van der Waals surface area contributed by atoms with Crippen LogP contribution in [0.4, 0.5) is 20.2 Å². The summed E-state index contributed by atoms with van der Waals surface area (Å²) in [5, 5.41) is 2.67. The Morgan fingerprint density at radius 3 is 2.21 bits per heavy atom. The Bertz CT molecular complexity index is 1130. The molecule has 0 aliphatic rings. The van der Waals surface area contributed by atoms with Crippen molar-refractivity contribution in [1.82, 2.24) is 0 Å². The summed E-state index contributed by atoms with van der Waals surface area (Å²) in [5.41, 5.74) is 1.37. The lowest BCUT2D eigenvalue weighted by molar-refractivity contribution is 0.102. The number of rotatable bonds is 5. The van der Waals surface area contributed by atoms with Crippen molar-refractivity contribution >= 4 is 27.3 Å². The molecule has 3 rings (SSSR count). The second-order valence-corrected chi connectivity index (χ2v) is 7.64. The third-order valence-corrected chi connectivity index (χ3v) is 5.30. The van der Waals surface area contributed by atoms with E-state index in [4.69, 9.17) is 0 Å². The van der Waals surface area contributed by atoms with E-state index in [1.165, 1.54) is 18.2 Å². The molecular formula is C20H16F2N2O3S. The van der Waals surface area contributed by atoms with Gasteiger partial charge in [0.05, 0.1) is 11.3 Å². The topological polar surface area (TPSA) is 75.3 Å². The molecule has 5 nitrogen and oxygen atoms in total. The number of halogens is 2. The maximum Gasteiger partial charge on any atom is 0.267 e. The molecule has 28 heavy (non-hydrogen) atoms. The zero-order valence-electron chi connectivity index (χ0n) is 14.7. The number of carbonyl (C=O) groups is 1. The third-order valence-electron chi connectivity index (χ3n) is 3.88.